The van der Waals surface area contributed by atoms with Gasteiger partial charge in [-0.2, -0.15) is 0 Å². The smallest absolute Gasteiger partial charge is 0.251 e. The Kier molecular flexibility index (Phi) is 6.47. The molecule has 2 amide bonds. The zero-order chi connectivity index (χ0) is 22.5. The molecular weight excluding hydrogens is 448 g/mol. The van der Waals surface area contributed by atoms with E-state index in [-0.39, 0.29) is 17.2 Å². The van der Waals surface area contributed by atoms with E-state index in [9.17, 15) is 9.59 Å². The number of hydrogen-bond acceptors (Lipinski definition) is 8. The van der Waals surface area contributed by atoms with Crippen LogP contribution < -0.4 is 15.8 Å². The molecule has 3 aromatic heterocycles. The number of aromatic nitrogens is 4. The van der Waals surface area contributed by atoms with E-state index >= 15 is 0 Å². The summed E-state index contributed by atoms with van der Waals surface area (Å²) in [5.74, 6) is 0.544. The molecule has 0 radical (unpaired) electrons. The number of methoxy groups -OCH3 is 1. The molecule has 9 nitrogen and oxygen atoms in total. The number of nitrogens with zero attached hydrogens (tertiary/aromatic N) is 4. The maximum absolute atomic E-state index is 12.5. The van der Waals surface area contributed by atoms with E-state index in [1.165, 1.54) is 23.1 Å². The minimum absolute atomic E-state index is 0.0702. The third-order valence-electron chi connectivity index (χ3n) is 4.42. The van der Waals surface area contributed by atoms with Crippen molar-refractivity contribution in [2.24, 2.45) is 5.73 Å². The predicted octanol–water partition coefficient (Wildman–Crippen LogP) is 3.23. The standard InChI is InChI=1S/C21H18N6O3S2/c1-30-15-4-2-14(3-5-15)27-19(13-6-9-23-10-7-13)25-26-21(27)32-12-17(28)24-20-16(18(22)29)8-11-31-20/h2-11H,12H2,1H3,(H2,22,29)(H,24,28). The molecule has 0 unspecified atom stereocenters. The van der Waals surface area contributed by atoms with E-state index in [0.717, 1.165) is 17.0 Å². The summed E-state index contributed by atoms with van der Waals surface area (Å²) in [4.78, 5) is 28.0. The molecule has 0 aliphatic carbocycles. The Morgan fingerprint density at radius 2 is 1.88 bits per heavy atom. The quantitative estimate of drug-likeness (QED) is 0.382. The third kappa shape index (κ3) is 4.63. The first-order valence-corrected chi connectivity index (χ1v) is 11.2. The van der Waals surface area contributed by atoms with Gasteiger partial charge in [-0.25, -0.2) is 0 Å². The van der Waals surface area contributed by atoms with Crippen molar-refractivity contribution in [3.05, 3.63) is 65.8 Å². The summed E-state index contributed by atoms with van der Waals surface area (Å²) in [5, 5.41) is 14.0. The third-order valence-corrected chi connectivity index (χ3v) is 6.18. The van der Waals surface area contributed by atoms with Gasteiger partial charge >= 0.3 is 0 Å². The first kappa shape index (κ1) is 21.5. The van der Waals surface area contributed by atoms with Crippen molar-refractivity contribution in [2.45, 2.75) is 5.16 Å². The molecule has 162 valence electrons. The molecule has 0 fully saturated rings. The van der Waals surface area contributed by atoms with Crippen molar-refractivity contribution in [1.82, 2.24) is 19.7 Å². The lowest BCUT2D eigenvalue weighted by Crippen LogP contribution is -2.18. The van der Waals surface area contributed by atoms with E-state index in [1.807, 2.05) is 41.0 Å². The van der Waals surface area contributed by atoms with Crippen LogP contribution in [0.4, 0.5) is 5.00 Å². The molecule has 32 heavy (non-hydrogen) atoms. The number of hydrogen-bond donors (Lipinski definition) is 2. The fourth-order valence-corrected chi connectivity index (χ4v) is 4.47. The Morgan fingerprint density at radius 1 is 1.12 bits per heavy atom. The van der Waals surface area contributed by atoms with Gasteiger partial charge in [-0.15, -0.1) is 21.5 Å². The van der Waals surface area contributed by atoms with Gasteiger partial charge in [0.25, 0.3) is 5.91 Å². The van der Waals surface area contributed by atoms with E-state index < -0.39 is 5.91 Å². The number of primary amides is 1. The molecule has 11 heteroatoms. The molecule has 0 bridgehead atoms. The number of benzene rings is 1. The number of carbonyl (C=O) groups is 2. The second-order valence-corrected chi connectivity index (χ2v) is 8.30. The number of amides is 2. The number of nitrogens with one attached hydrogen (secondary N) is 1. The van der Waals surface area contributed by atoms with Crippen molar-refractivity contribution in [1.29, 1.82) is 0 Å². The zero-order valence-corrected chi connectivity index (χ0v) is 18.5. The molecule has 4 rings (SSSR count). The number of pyridine rings is 1. The van der Waals surface area contributed by atoms with E-state index in [4.69, 9.17) is 10.5 Å². The average molecular weight is 467 g/mol. The summed E-state index contributed by atoms with van der Waals surface area (Å²) in [5.41, 5.74) is 7.28. The normalized spacial score (nSPS) is 10.7. The fraction of sp³-hybridized carbons (Fsp3) is 0.0952. The van der Waals surface area contributed by atoms with Gasteiger partial charge < -0.3 is 15.8 Å². The highest BCUT2D eigenvalue weighted by Crippen LogP contribution is 2.29. The number of anilines is 1. The fourth-order valence-electron chi connectivity index (χ4n) is 2.91. The maximum Gasteiger partial charge on any atom is 0.251 e. The van der Waals surface area contributed by atoms with Gasteiger partial charge in [0.15, 0.2) is 11.0 Å². The molecule has 1 aromatic carbocycles. The van der Waals surface area contributed by atoms with E-state index in [2.05, 4.69) is 20.5 Å². The van der Waals surface area contributed by atoms with Gasteiger partial charge in [0, 0.05) is 23.6 Å². The molecule has 0 aliphatic heterocycles. The molecule has 0 spiro atoms. The molecule has 0 atom stereocenters. The van der Waals surface area contributed by atoms with Crippen molar-refractivity contribution in [2.75, 3.05) is 18.2 Å². The molecule has 3 heterocycles. The van der Waals surface area contributed by atoms with E-state index in [1.54, 1.807) is 30.9 Å². The lowest BCUT2D eigenvalue weighted by atomic mass is 10.2. The minimum atomic E-state index is -0.588. The molecule has 0 aliphatic rings. The van der Waals surface area contributed by atoms with Gasteiger partial charge in [-0.05, 0) is 47.8 Å². The van der Waals surface area contributed by atoms with Crippen molar-refractivity contribution in [3.8, 4) is 22.8 Å². The zero-order valence-electron chi connectivity index (χ0n) is 16.9. The number of thiophene rings is 1. The summed E-state index contributed by atoms with van der Waals surface area (Å²) in [6, 6.07) is 12.7. The van der Waals surface area contributed by atoms with Gasteiger partial charge in [0.1, 0.15) is 10.8 Å². The van der Waals surface area contributed by atoms with Crippen LogP contribution in [-0.2, 0) is 4.79 Å². The molecular formula is C21H18N6O3S2. The highest BCUT2D eigenvalue weighted by atomic mass is 32.2. The lowest BCUT2D eigenvalue weighted by molar-refractivity contribution is -0.113. The Hall–Kier alpha value is -3.70. The number of carbonyl (C=O) groups excluding carboxylic acids is 2. The first-order valence-electron chi connectivity index (χ1n) is 9.37. The van der Waals surface area contributed by atoms with Crippen molar-refractivity contribution >= 4 is 39.9 Å². The summed E-state index contributed by atoms with van der Waals surface area (Å²) in [6.07, 6.45) is 3.36. The van der Waals surface area contributed by atoms with Gasteiger partial charge in [0.05, 0.1) is 18.4 Å². The van der Waals surface area contributed by atoms with Crippen LogP contribution in [0.3, 0.4) is 0 Å². The topological polar surface area (TPSA) is 125 Å². The summed E-state index contributed by atoms with van der Waals surface area (Å²) in [6.45, 7) is 0. The van der Waals surface area contributed by atoms with Crippen LogP contribution in [0.25, 0.3) is 17.1 Å². The van der Waals surface area contributed by atoms with Crippen LogP contribution in [0.5, 0.6) is 5.75 Å². The number of ether oxygens (including phenoxy) is 1. The van der Waals surface area contributed by atoms with Crippen molar-refractivity contribution < 1.29 is 14.3 Å². The Bertz CT molecular complexity index is 1240. The number of rotatable bonds is 8. The highest BCUT2D eigenvalue weighted by Gasteiger charge is 2.18. The minimum Gasteiger partial charge on any atom is -0.497 e. The number of thioether (sulfide) groups is 1. The van der Waals surface area contributed by atoms with Gasteiger partial charge in [-0.3, -0.25) is 19.1 Å². The molecule has 3 N–H and O–H groups in total. The lowest BCUT2D eigenvalue weighted by Gasteiger charge is -2.11. The highest BCUT2D eigenvalue weighted by molar-refractivity contribution is 7.99. The average Bonchev–Trinajstić information content (AvgIpc) is 3.45. The number of nitrogens with two attached hydrogens (primary N) is 1. The SMILES string of the molecule is COc1ccc(-n2c(SCC(=O)Nc3sccc3C(N)=O)nnc2-c2ccncc2)cc1. The molecule has 4 aromatic rings. The van der Waals surface area contributed by atoms with Crippen LogP contribution >= 0.6 is 23.1 Å². The molecule has 0 saturated heterocycles. The molecule has 0 saturated carbocycles. The predicted molar refractivity (Wildman–Crippen MR) is 123 cm³/mol. The van der Waals surface area contributed by atoms with Crippen LogP contribution in [0.2, 0.25) is 0 Å². The second kappa shape index (κ2) is 9.62. The van der Waals surface area contributed by atoms with Crippen LogP contribution in [0, 0.1) is 0 Å². The van der Waals surface area contributed by atoms with Crippen molar-refractivity contribution in [3.63, 3.8) is 0 Å². The largest absolute Gasteiger partial charge is 0.497 e. The van der Waals surface area contributed by atoms with Gasteiger partial charge in [0.2, 0.25) is 5.91 Å². The van der Waals surface area contributed by atoms with Crippen LogP contribution in [0.15, 0.2) is 65.4 Å². The van der Waals surface area contributed by atoms with Crippen LogP contribution in [0.1, 0.15) is 10.4 Å². The van der Waals surface area contributed by atoms with E-state index in [0.29, 0.717) is 16.0 Å². The summed E-state index contributed by atoms with van der Waals surface area (Å²) >= 11 is 2.47. The Labute approximate surface area is 191 Å². The second-order valence-electron chi connectivity index (χ2n) is 6.44. The Morgan fingerprint density at radius 3 is 2.56 bits per heavy atom. The van der Waals surface area contributed by atoms with Gasteiger partial charge in [-0.1, -0.05) is 11.8 Å². The maximum atomic E-state index is 12.5. The first-order chi connectivity index (χ1) is 15.6. The monoisotopic (exact) mass is 466 g/mol. The summed E-state index contributed by atoms with van der Waals surface area (Å²) in [7, 11) is 1.60. The Balaban J connectivity index is 1.59. The van der Waals surface area contributed by atoms with Crippen LogP contribution in [-0.4, -0.2) is 44.4 Å². The summed E-state index contributed by atoms with van der Waals surface area (Å²) < 4.78 is 7.12.